The largest absolute Gasteiger partial charge is 0.300 e. The van der Waals surface area contributed by atoms with Gasteiger partial charge in [0.05, 0.1) is 0 Å². The number of likely N-dealkylation sites (tertiary alicyclic amines) is 1. The van der Waals surface area contributed by atoms with Crippen molar-refractivity contribution in [1.82, 2.24) is 4.90 Å². The molecule has 1 saturated heterocycles. The van der Waals surface area contributed by atoms with E-state index in [1.165, 1.54) is 24.8 Å². The van der Waals surface area contributed by atoms with E-state index in [0.717, 1.165) is 11.8 Å². The van der Waals surface area contributed by atoms with Crippen molar-refractivity contribution in [1.29, 1.82) is 0 Å². The Hall–Kier alpha value is 0.440. The molecule has 1 fully saturated rings. The van der Waals surface area contributed by atoms with E-state index in [9.17, 15) is 0 Å². The van der Waals surface area contributed by atoms with E-state index in [-0.39, 0.29) is 0 Å². The number of nitrogens with zero attached hydrogens (tertiary/aromatic N) is 1. The fourth-order valence-corrected chi connectivity index (χ4v) is 2.53. The van der Waals surface area contributed by atoms with Crippen LogP contribution in [0.5, 0.6) is 0 Å². The van der Waals surface area contributed by atoms with E-state index in [2.05, 4.69) is 41.6 Å². The summed E-state index contributed by atoms with van der Waals surface area (Å²) < 4.78 is 0. The molecular formula is C10H20BrN. The highest BCUT2D eigenvalue weighted by Gasteiger charge is 2.24. The van der Waals surface area contributed by atoms with Crippen LogP contribution in [0.25, 0.3) is 0 Å². The van der Waals surface area contributed by atoms with Crippen molar-refractivity contribution in [3.63, 3.8) is 0 Å². The van der Waals surface area contributed by atoms with Crippen LogP contribution < -0.4 is 0 Å². The summed E-state index contributed by atoms with van der Waals surface area (Å²) in [5.41, 5.74) is 0. The second-order valence-electron chi connectivity index (χ2n) is 4.41. The summed E-state index contributed by atoms with van der Waals surface area (Å²) in [4.78, 5) is 2.60. The van der Waals surface area contributed by atoms with Crippen molar-refractivity contribution in [2.75, 3.05) is 18.4 Å². The zero-order chi connectivity index (χ0) is 9.14. The number of rotatable bonds is 2. The predicted molar refractivity (Wildman–Crippen MR) is 57.8 cm³/mol. The van der Waals surface area contributed by atoms with E-state index in [1.54, 1.807) is 0 Å². The van der Waals surface area contributed by atoms with Gasteiger partial charge in [-0.3, -0.25) is 0 Å². The van der Waals surface area contributed by atoms with Crippen molar-refractivity contribution >= 4 is 15.9 Å². The maximum atomic E-state index is 3.59. The molecule has 0 amide bonds. The highest BCUT2D eigenvalue weighted by Crippen LogP contribution is 2.24. The van der Waals surface area contributed by atoms with Gasteiger partial charge in [0, 0.05) is 24.5 Å². The van der Waals surface area contributed by atoms with E-state index >= 15 is 0 Å². The molecule has 0 aromatic heterocycles. The molecule has 1 nitrogen and oxygen atoms in total. The number of piperidine rings is 1. The molecule has 12 heavy (non-hydrogen) atoms. The van der Waals surface area contributed by atoms with Gasteiger partial charge in [-0.15, -0.1) is 0 Å². The van der Waals surface area contributed by atoms with Gasteiger partial charge in [-0.2, -0.15) is 0 Å². The van der Waals surface area contributed by atoms with Gasteiger partial charge in [0.25, 0.3) is 0 Å². The summed E-state index contributed by atoms with van der Waals surface area (Å²) >= 11 is 3.59. The van der Waals surface area contributed by atoms with Crippen LogP contribution in [-0.4, -0.2) is 29.4 Å². The zero-order valence-electron chi connectivity index (χ0n) is 8.39. The van der Waals surface area contributed by atoms with Crippen LogP contribution in [0.3, 0.4) is 0 Å². The summed E-state index contributed by atoms with van der Waals surface area (Å²) in [5.74, 6) is 1.75. The molecule has 0 aromatic rings. The van der Waals surface area contributed by atoms with E-state index in [0.29, 0.717) is 6.04 Å². The molecule has 0 aromatic carbocycles. The van der Waals surface area contributed by atoms with Gasteiger partial charge >= 0.3 is 0 Å². The molecule has 0 N–H and O–H groups in total. The standard InChI is InChI=1S/C10H20BrN/c1-8(2)12-6-9(3)4-10(5-11)7-12/h8-10H,4-7H2,1-3H3. The molecule has 2 atom stereocenters. The fourth-order valence-electron chi connectivity index (χ4n) is 2.06. The van der Waals surface area contributed by atoms with Crippen LogP contribution in [0.1, 0.15) is 27.2 Å². The summed E-state index contributed by atoms with van der Waals surface area (Å²) in [6.07, 6.45) is 1.40. The van der Waals surface area contributed by atoms with Crippen molar-refractivity contribution in [3.05, 3.63) is 0 Å². The van der Waals surface area contributed by atoms with Crippen molar-refractivity contribution in [3.8, 4) is 0 Å². The van der Waals surface area contributed by atoms with Crippen molar-refractivity contribution in [2.24, 2.45) is 11.8 Å². The topological polar surface area (TPSA) is 3.24 Å². The fraction of sp³-hybridized carbons (Fsp3) is 1.00. The first-order valence-corrected chi connectivity index (χ1v) is 6.05. The lowest BCUT2D eigenvalue weighted by atomic mass is 9.91. The van der Waals surface area contributed by atoms with Crippen LogP contribution in [0, 0.1) is 11.8 Å². The molecule has 0 aliphatic carbocycles. The van der Waals surface area contributed by atoms with Gasteiger partial charge in [0.15, 0.2) is 0 Å². The third kappa shape index (κ3) is 2.74. The Morgan fingerprint density at radius 1 is 1.42 bits per heavy atom. The van der Waals surface area contributed by atoms with Gasteiger partial charge < -0.3 is 4.90 Å². The summed E-state index contributed by atoms with van der Waals surface area (Å²) in [6.45, 7) is 9.53. The number of alkyl halides is 1. The van der Waals surface area contributed by atoms with Gasteiger partial charge in [-0.05, 0) is 32.1 Å². The Labute approximate surface area is 84.6 Å². The molecule has 1 heterocycles. The Bertz CT molecular complexity index is 136. The highest BCUT2D eigenvalue weighted by atomic mass is 79.9. The molecule has 2 unspecified atom stereocenters. The lowest BCUT2D eigenvalue weighted by molar-refractivity contribution is 0.113. The van der Waals surface area contributed by atoms with Gasteiger partial charge in [-0.25, -0.2) is 0 Å². The molecule has 1 aliphatic rings. The Balaban J connectivity index is 2.45. The normalized spacial score (nSPS) is 32.8. The quantitative estimate of drug-likeness (QED) is 0.664. The van der Waals surface area contributed by atoms with Gasteiger partial charge in [0.1, 0.15) is 0 Å². The maximum Gasteiger partial charge on any atom is 0.00719 e. The van der Waals surface area contributed by atoms with Crippen LogP contribution in [0.15, 0.2) is 0 Å². The van der Waals surface area contributed by atoms with E-state index in [4.69, 9.17) is 0 Å². The highest BCUT2D eigenvalue weighted by molar-refractivity contribution is 9.09. The minimum atomic E-state index is 0.717. The summed E-state index contributed by atoms with van der Waals surface area (Å²) in [7, 11) is 0. The third-order valence-electron chi connectivity index (χ3n) is 2.72. The monoisotopic (exact) mass is 233 g/mol. The molecule has 0 spiro atoms. The smallest absolute Gasteiger partial charge is 0.00719 e. The van der Waals surface area contributed by atoms with Crippen LogP contribution in [0.4, 0.5) is 0 Å². The van der Waals surface area contributed by atoms with Crippen molar-refractivity contribution < 1.29 is 0 Å². The maximum absolute atomic E-state index is 3.59. The van der Waals surface area contributed by atoms with Crippen LogP contribution in [0.2, 0.25) is 0 Å². The lowest BCUT2D eigenvalue weighted by Gasteiger charge is -2.38. The third-order valence-corrected chi connectivity index (χ3v) is 3.64. The summed E-state index contributed by atoms with van der Waals surface area (Å²) in [5, 5.41) is 1.17. The molecular weight excluding hydrogens is 214 g/mol. The van der Waals surface area contributed by atoms with Gasteiger partial charge in [0.2, 0.25) is 0 Å². The number of hydrogen-bond acceptors (Lipinski definition) is 1. The van der Waals surface area contributed by atoms with E-state index in [1.807, 2.05) is 0 Å². The number of halogens is 1. The second kappa shape index (κ2) is 4.61. The number of hydrogen-bond donors (Lipinski definition) is 0. The van der Waals surface area contributed by atoms with Crippen molar-refractivity contribution in [2.45, 2.75) is 33.2 Å². The summed E-state index contributed by atoms with van der Waals surface area (Å²) in [6, 6.07) is 0.717. The minimum absolute atomic E-state index is 0.717. The first kappa shape index (κ1) is 10.5. The van der Waals surface area contributed by atoms with Crippen LogP contribution in [-0.2, 0) is 0 Å². The molecule has 0 saturated carbocycles. The Morgan fingerprint density at radius 2 is 2.08 bits per heavy atom. The molecule has 1 aliphatic heterocycles. The zero-order valence-corrected chi connectivity index (χ0v) is 9.97. The molecule has 72 valence electrons. The average molecular weight is 234 g/mol. The predicted octanol–water partition coefficient (Wildman–Crippen LogP) is 2.75. The Morgan fingerprint density at radius 3 is 2.58 bits per heavy atom. The molecule has 0 bridgehead atoms. The first-order valence-electron chi connectivity index (χ1n) is 4.93. The first-order chi connectivity index (χ1) is 5.63. The molecule has 1 rings (SSSR count). The molecule has 2 heteroatoms. The SMILES string of the molecule is CC1CC(CBr)CN(C(C)C)C1. The lowest BCUT2D eigenvalue weighted by Crippen LogP contribution is -2.43. The molecule has 0 radical (unpaired) electrons. The average Bonchev–Trinajstić information content (AvgIpc) is 2.03. The van der Waals surface area contributed by atoms with Crippen LogP contribution >= 0.6 is 15.9 Å². The minimum Gasteiger partial charge on any atom is -0.300 e. The van der Waals surface area contributed by atoms with E-state index < -0.39 is 0 Å². The Kier molecular flexibility index (Phi) is 4.04. The second-order valence-corrected chi connectivity index (χ2v) is 5.06. The van der Waals surface area contributed by atoms with Gasteiger partial charge in [-0.1, -0.05) is 22.9 Å².